The number of methoxy groups -OCH3 is 1. The van der Waals surface area contributed by atoms with E-state index in [2.05, 4.69) is 20.6 Å². The van der Waals surface area contributed by atoms with Crippen molar-refractivity contribution in [2.45, 2.75) is 13.8 Å². The van der Waals surface area contributed by atoms with Gasteiger partial charge in [0.1, 0.15) is 5.75 Å². The largest absolute Gasteiger partial charge is 0.497 e. The van der Waals surface area contributed by atoms with Crippen LogP contribution in [0.3, 0.4) is 0 Å². The molecule has 122 valence electrons. The van der Waals surface area contributed by atoms with Crippen LogP contribution < -0.4 is 4.74 Å². The first-order valence-electron chi connectivity index (χ1n) is 7.37. The molecule has 0 aliphatic heterocycles. The molecule has 0 atom stereocenters. The van der Waals surface area contributed by atoms with Crippen molar-refractivity contribution in [1.29, 1.82) is 0 Å². The fraction of sp³-hybridized carbons (Fsp3) is 0.176. The van der Waals surface area contributed by atoms with E-state index in [4.69, 9.17) is 4.74 Å². The topological polar surface area (TPSA) is 85.4 Å². The molecular weight excluding hydrogens is 306 g/mol. The molecule has 2 aromatic carbocycles. The molecule has 1 N–H and O–H groups in total. The average molecular weight is 323 g/mol. The van der Waals surface area contributed by atoms with E-state index in [9.17, 15) is 5.21 Å². The Morgan fingerprint density at radius 3 is 2.38 bits per heavy atom. The fourth-order valence-corrected chi connectivity index (χ4v) is 2.59. The van der Waals surface area contributed by atoms with Crippen LogP contribution in [0.15, 0.2) is 47.6 Å². The van der Waals surface area contributed by atoms with Crippen LogP contribution in [0.4, 0.5) is 0 Å². The van der Waals surface area contributed by atoms with Crippen LogP contribution in [0.2, 0.25) is 0 Å². The molecule has 0 amide bonds. The Morgan fingerprint density at radius 2 is 1.79 bits per heavy atom. The number of benzene rings is 2. The van der Waals surface area contributed by atoms with Gasteiger partial charge in [-0.3, -0.25) is 0 Å². The van der Waals surface area contributed by atoms with E-state index in [1.165, 1.54) is 4.80 Å². The molecule has 0 saturated heterocycles. The molecule has 0 spiro atoms. The van der Waals surface area contributed by atoms with Crippen LogP contribution in [0.5, 0.6) is 5.75 Å². The summed E-state index contributed by atoms with van der Waals surface area (Å²) in [5.41, 5.74) is 3.34. The van der Waals surface area contributed by atoms with Crippen molar-refractivity contribution in [2.24, 2.45) is 5.16 Å². The third-order valence-electron chi connectivity index (χ3n) is 3.70. The number of rotatable bonds is 3. The van der Waals surface area contributed by atoms with Crippen molar-refractivity contribution in [3.8, 4) is 17.1 Å². The van der Waals surface area contributed by atoms with E-state index in [0.29, 0.717) is 5.82 Å². The fourth-order valence-electron chi connectivity index (χ4n) is 2.59. The Balaban J connectivity index is 2.04. The molecule has 1 heterocycles. The summed E-state index contributed by atoms with van der Waals surface area (Å²) in [5, 5.41) is 25.3. The highest BCUT2D eigenvalue weighted by molar-refractivity contribution is 6.01. The number of oxime groups is 1. The van der Waals surface area contributed by atoms with E-state index in [1.54, 1.807) is 7.11 Å². The summed E-state index contributed by atoms with van der Waals surface area (Å²) in [5.74, 6) is 1.41. The summed E-state index contributed by atoms with van der Waals surface area (Å²) in [6.07, 6.45) is 0. The zero-order valence-electron chi connectivity index (χ0n) is 13.6. The van der Waals surface area contributed by atoms with E-state index >= 15 is 0 Å². The van der Waals surface area contributed by atoms with Gasteiger partial charge in [0, 0.05) is 11.1 Å². The molecule has 0 saturated carbocycles. The molecule has 24 heavy (non-hydrogen) atoms. The van der Waals surface area contributed by atoms with Crippen LogP contribution >= 0.6 is 0 Å². The van der Waals surface area contributed by atoms with Gasteiger partial charge in [0.15, 0.2) is 0 Å². The highest BCUT2D eigenvalue weighted by atomic mass is 16.5. The molecule has 0 aliphatic rings. The molecule has 0 aliphatic carbocycles. The lowest BCUT2D eigenvalue weighted by Gasteiger charge is -2.12. The van der Waals surface area contributed by atoms with Gasteiger partial charge < -0.3 is 9.94 Å². The molecule has 7 nitrogen and oxygen atoms in total. The maximum atomic E-state index is 9.52. The van der Waals surface area contributed by atoms with Crippen LogP contribution in [0.1, 0.15) is 16.7 Å². The third kappa shape index (κ3) is 2.83. The summed E-state index contributed by atoms with van der Waals surface area (Å²) in [7, 11) is 1.61. The quantitative estimate of drug-likeness (QED) is 0.347. The SMILES string of the molecule is COc1cc(C)c(C(=NO)n2nnc(-c3ccccc3)n2)c(C)c1. The predicted molar refractivity (Wildman–Crippen MR) is 89.4 cm³/mol. The van der Waals surface area contributed by atoms with Crippen molar-refractivity contribution < 1.29 is 9.94 Å². The lowest BCUT2D eigenvalue weighted by Crippen LogP contribution is -2.19. The molecule has 3 aromatic rings. The van der Waals surface area contributed by atoms with Crippen molar-refractivity contribution in [3.05, 3.63) is 59.2 Å². The van der Waals surface area contributed by atoms with Crippen molar-refractivity contribution in [1.82, 2.24) is 20.2 Å². The van der Waals surface area contributed by atoms with Gasteiger partial charge in [0.2, 0.25) is 11.7 Å². The number of nitrogens with zero attached hydrogens (tertiary/aromatic N) is 5. The summed E-state index contributed by atoms with van der Waals surface area (Å²) in [6.45, 7) is 3.82. The Morgan fingerprint density at radius 1 is 1.12 bits per heavy atom. The second-order valence-electron chi connectivity index (χ2n) is 5.33. The maximum Gasteiger partial charge on any atom is 0.222 e. The predicted octanol–water partition coefficient (Wildman–Crippen LogP) is 2.65. The standard InChI is InChI=1S/C17H17N5O2/c1-11-9-14(24-3)10-12(2)15(11)17(20-23)22-19-16(18-21-22)13-7-5-4-6-8-13/h4-10,23H,1-3H3. The van der Waals surface area contributed by atoms with Gasteiger partial charge in [-0.2, -0.15) is 0 Å². The number of hydrogen-bond acceptors (Lipinski definition) is 6. The number of hydrogen-bond donors (Lipinski definition) is 1. The zero-order valence-corrected chi connectivity index (χ0v) is 13.6. The first-order valence-corrected chi connectivity index (χ1v) is 7.37. The molecule has 1 aromatic heterocycles. The Hall–Kier alpha value is -3.22. The molecule has 7 heteroatoms. The van der Waals surface area contributed by atoms with Crippen molar-refractivity contribution in [2.75, 3.05) is 7.11 Å². The second-order valence-corrected chi connectivity index (χ2v) is 5.33. The summed E-state index contributed by atoms with van der Waals surface area (Å²) >= 11 is 0. The van der Waals surface area contributed by atoms with Crippen LogP contribution in [-0.2, 0) is 0 Å². The Bertz CT molecular complexity index is 864. The normalized spacial score (nSPS) is 11.5. The Kier molecular flexibility index (Phi) is 4.24. The summed E-state index contributed by atoms with van der Waals surface area (Å²) in [4.78, 5) is 1.23. The minimum atomic E-state index is 0.210. The summed E-state index contributed by atoms with van der Waals surface area (Å²) in [6, 6.07) is 13.2. The lowest BCUT2D eigenvalue weighted by molar-refractivity contribution is 0.315. The van der Waals surface area contributed by atoms with Crippen LogP contribution in [-0.4, -0.2) is 38.4 Å². The maximum absolute atomic E-state index is 9.52. The summed E-state index contributed by atoms with van der Waals surface area (Å²) < 4.78 is 5.26. The second kappa shape index (κ2) is 6.49. The van der Waals surface area contributed by atoms with Gasteiger partial charge in [-0.1, -0.05) is 35.5 Å². The number of aromatic nitrogens is 4. The van der Waals surface area contributed by atoms with Crippen LogP contribution in [0, 0.1) is 13.8 Å². The molecule has 0 radical (unpaired) electrons. The molecule has 3 rings (SSSR count). The van der Waals surface area contributed by atoms with E-state index in [-0.39, 0.29) is 5.84 Å². The van der Waals surface area contributed by atoms with E-state index in [0.717, 1.165) is 28.0 Å². The lowest BCUT2D eigenvalue weighted by atomic mass is 10.0. The first-order chi connectivity index (χ1) is 11.6. The first kappa shape index (κ1) is 15.7. The zero-order chi connectivity index (χ0) is 17.1. The highest BCUT2D eigenvalue weighted by Crippen LogP contribution is 2.23. The van der Waals surface area contributed by atoms with Crippen molar-refractivity contribution in [3.63, 3.8) is 0 Å². The van der Waals surface area contributed by atoms with E-state index in [1.807, 2.05) is 56.3 Å². The van der Waals surface area contributed by atoms with Gasteiger partial charge in [0.05, 0.1) is 7.11 Å². The van der Waals surface area contributed by atoms with Gasteiger partial charge in [-0.05, 0) is 42.3 Å². The number of ether oxygens (including phenoxy) is 1. The monoisotopic (exact) mass is 323 g/mol. The van der Waals surface area contributed by atoms with Gasteiger partial charge >= 0.3 is 0 Å². The van der Waals surface area contributed by atoms with Gasteiger partial charge in [-0.15, -0.1) is 15.0 Å². The van der Waals surface area contributed by atoms with E-state index < -0.39 is 0 Å². The molecule has 0 fully saturated rings. The number of aryl methyl sites for hydroxylation is 2. The van der Waals surface area contributed by atoms with Crippen molar-refractivity contribution >= 4 is 5.84 Å². The molecule has 0 bridgehead atoms. The number of tetrazole rings is 1. The minimum Gasteiger partial charge on any atom is -0.497 e. The highest BCUT2D eigenvalue weighted by Gasteiger charge is 2.18. The molecular formula is C17H17N5O2. The smallest absolute Gasteiger partial charge is 0.222 e. The van der Waals surface area contributed by atoms with Gasteiger partial charge in [-0.25, -0.2) is 0 Å². The molecule has 0 unspecified atom stereocenters. The van der Waals surface area contributed by atoms with Crippen LogP contribution in [0.25, 0.3) is 11.4 Å². The average Bonchev–Trinajstić information content (AvgIpc) is 3.08. The van der Waals surface area contributed by atoms with Gasteiger partial charge in [0.25, 0.3) is 0 Å². The third-order valence-corrected chi connectivity index (χ3v) is 3.70. The minimum absolute atomic E-state index is 0.210. The Labute approximate surface area is 139 Å².